The van der Waals surface area contributed by atoms with E-state index in [9.17, 15) is 18.0 Å². The van der Waals surface area contributed by atoms with Gasteiger partial charge in [0.05, 0.1) is 12.0 Å². The lowest BCUT2D eigenvalue weighted by molar-refractivity contribution is -0.180. The molecule has 0 spiro atoms. The van der Waals surface area contributed by atoms with Crippen molar-refractivity contribution in [1.82, 2.24) is 10.2 Å². The third-order valence-electron chi connectivity index (χ3n) is 3.89. The number of likely N-dealkylation sites (N-methyl/N-ethyl adjacent to an activating group) is 1. The Morgan fingerprint density at radius 2 is 2.05 bits per heavy atom. The van der Waals surface area contributed by atoms with Crippen LogP contribution in [0.2, 0.25) is 0 Å². The highest BCUT2D eigenvalue weighted by Gasteiger charge is 2.42. The molecule has 3 unspecified atom stereocenters. The number of piperidine rings is 1. The van der Waals surface area contributed by atoms with Crippen LogP contribution in [0.3, 0.4) is 0 Å². The molecule has 0 radical (unpaired) electrons. The molecule has 1 aliphatic rings. The average molecular weight is 280 g/mol. The highest BCUT2D eigenvalue weighted by atomic mass is 19.4. The summed E-state index contributed by atoms with van der Waals surface area (Å²) in [6, 6.07) is -0.345. The highest BCUT2D eigenvalue weighted by molar-refractivity contribution is 5.82. The van der Waals surface area contributed by atoms with E-state index >= 15 is 0 Å². The Kier molecular flexibility index (Phi) is 5.64. The average Bonchev–Trinajstić information content (AvgIpc) is 2.36. The van der Waals surface area contributed by atoms with Gasteiger partial charge in [0, 0.05) is 19.6 Å². The number of rotatable bonds is 4. The van der Waals surface area contributed by atoms with Crippen LogP contribution in [0.4, 0.5) is 13.2 Å². The number of nitrogens with one attached hydrogen (secondary N) is 1. The lowest BCUT2D eigenvalue weighted by Gasteiger charge is -2.34. The zero-order chi connectivity index (χ0) is 14.6. The third kappa shape index (κ3) is 4.37. The molecule has 0 aliphatic carbocycles. The van der Waals surface area contributed by atoms with Crippen LogP contribution >= 0.6 is 0 Å². The van der Waals surface area contributed by atoms with Gasteiger partial charge in [-0.1, -0.05) is 13.3 Å². The number of nitrogens with zero attached hydrogens (tertiary/aromatic N) is 1. The second kappa shape index (κ2) is 6.59. The number of hydrogen-bond donors (Lipinski definition) is 1. The maximum absolute atomic E-state index is 12.5. The smallest absolute Gasteiger partial charge is 0.342 e. The van der Waals surface area contributed by atoms with Gasteiger partial charge < -0.3 is 10.2 Å². The first-order valence-corrected chi connectivity index (χ1v) is 6.84. The van der Waals surface area contributed by atoms with Crippen molar-refractivity contribution in [1.29, 1.82) is 0 Å². The van der Waals surface area contributed by atoms with Crippen molar-refractivity contribution < 1.29 is 18.0 Å². The molecule has 1 amide bonds. The van der Waals surface area contributed by atoms with Gasteiger partial charge in [-0.3, -0.25) is 4.79 Å². The molecule has 1 N–H and O–H groups in total. The summed E-state index contributed by atoms with van der Waals surface area (Å²) in [7, 11) is 1.72. The van der Waals surface area contributed by atoms with Crippen molar-refractivity contribution in [2.24, 2.45) is 5.92 Å². The Morgan fingerprint density at radius 3 is 2.47 bits per heavy atom. The molecule has 19 heavy (non-hydrogen) atoms. The standard InChI is InChI=1S/C13H23F3N2O/c1-4-5-9(2)18(3)12(19)11-7-6-10(8-17-11)13(14,15)16/h9-11,17H,4-8H2,1-3H3. The van der Waals surface area contributed by atoms with Gasteiger partial charge in [-0.25, -0.2) is 0 Å². The molecular formula is C13H23F3N2O. The second-order valence-corrected chi connectivity index (χ2v) is 5.36. The van der Waals surface area contributed by atoms with E-state index in [-0.39, 0.29) is 31.3 Å². The van der Waals surface area contributed by atoms with Gasteiger partial charge in [0.25, 0.3) is 0 Å². The van der Waals surface area contributed by atoms with Gasteiger partial charge in [0.15, 0.2) is 0 Å². The summed E-state index contributed by atoms with van der Waals surface area (Å²) in [5.41, 5.74) is 0. The Morgan fingerprint density at radius 1 is 1.42 bits per heavy atom. The van der Waals surface area contributed by atoms with E-state index in [0.29, 0.717) is 0 Å². The van der Waals surface area contributed by atoms with E-state index < -0.39 is 18.1 Å². The number of carbonyl (C=O) groups excluding carboxylic acids is 1. The van der Waals surface area contributed by atoms with Gasteiger partial charge in [0.1, 0.15) is 0 Å². The van der Waals surface area contributed by atoms with E-state index in [4.69, 9.17) is 0 Å². The van der Waals surface area contributed by atoms with Gasteiger partial charge >= 0.3 is 6.18 Å². The fraction of sp³-hybridized carbons (Fsp3) is 0.923. The summed E-state index contributed by atoms with van der Waals surface area (Å²) in [4.78, 5) is 13.8. The van der Waals surface area contributed by atoms with E-state index in [0.717, 1.165) is 12.8 Å². The molecule has 3 atom stereocenters. The number of amides is 1. The molecule has 6 heteroatoms. The number of alkyl halides is 3. The highest BCUT2D eigenvalue weighted by Crippen LogP contribution is 2.32. The number of carbonyl (C=O) groups is 1. The van der Waals surface area contributed by atoms with Crippen molar-refractivity contribution in [3.8, 4) is 0 Å². The first kappa shape index (κ1) is 16.3. The Balaban J connectivity index is 2.49. The molecule has 1 fully saturated rings. The monoisotopic (exact) mass is 280 g/mol. The minimum Gasteiger partial charge on any atom is -0.342 e. The zero-order valence-electron chi connectivity index (χ0n) is 11.8. The number of halogens is 3. The van der Waals surface area contributed by atoms with Crippen molar-refractivity contribution in [3.63, 3.8) is 0 Å². The molecular weight excluding hydrogens is 257 g/mol. The van der Waals surface area contributed by atoms with Crippen LogP contribution in [0.1, 0.15) is 39.5 Å². The summed E-state index contributed by atoms with van der Waals surface area (Å²) in [5, 5.41) is 2.74. The fourth-order valence-corrected chi connectivity index (χ4v) is 2.42. The SMILES string of the molecule is CCCC(C)N(C)C(=O)C1CCC(C(F)(F)F)CN1. The van der Waals surface area contributed by atoms with Gasteiger partial charge in [-0.2, -0.15) is 13.2 Å². The fourth-order valence-electron chi connectivity index (χ4n) is 2.42. The Hall–Kier alpha value is -0.780. The molecule has 1 heterocycles. The maximum atomic E-state index is 12.5. The molecule has 0 aromatic heterocycles. The quantitative estimate of drug-likeness (QED) is 0.858. The molecule has 0 aromatic rings. The van der Waals surface area contributed by atoms with Crippen LogP contribution in [0.15, 0.2) is 0 Å². The lowest BCUT2D eigenvalue weighted by Crippen LogP contribution is -2.53. The Bertz CT molecular complexity index is 299. The second-order valence-electron chi connectivity index (χ2n) is 5.36. The van der Waals surface area contributed by atoms with Crippen molar-refractivity contribution in [2.45, 2.75) is 57.8 Å². The molecule has 0 saturated carbocycles. The maximum Gasteiger partial charge on any atom is 0.393 e. The molecule has 0 aromatic carbocycles. The molecule has 1 aliphatic heterocycles. The minimum atomic E-state index is -4.16. The van der Waals surface area contributed by atoms with Gasteiger partial charge in [-0.15, -0.1) is 0 Å². The summed E-state index contributed by atoms with van der Waals surface area (Å²) in [5.74, 6) is -1.42. The topological polar surface area (TPSA) is 32.3 Å². The van der Waals surface area contributed by atoms with Crippen molar-refractivity contribution >= 4 is 5.91 Å². The van der Waals surface area contributed by atoms with Crippen molar-refractivity contribution in [2.75, 3.05) is 13.6 Å². The zero-order valence-corrected chi connectivity index (χ0v) is 11.8. The van der Waals surface area contributed by atoms with Crippen LogP contribution in [-0.2, 0) is 4.79 Å². The van der Waals surface area contributed by atoms with Crippen LogP contribution in [0, 0.1) is 5.92 Å². The van der Waals surface area contributed by atoms with E-state index in [1.54, 1.807) is 11.9 Å². The molecule has 1 rings (SSSR count). The molecule has 0 bridgehead atoms. The van der Waals surface area contributed by atoms with E-state index in [1.165, 1.54) is 0 Å². The van der Waals surface area contributed by atoms with Gasteiger partial charge in [0.2, 0.25) is 5.91 Å². The molecule has 1 saturated heterocycles. The summed E-state index contributed by atoms with van der Waals surface area (Å²) in [6.07, 6.45) is -2.00. The van der Waals surface area contributed by atoms with Crippen molar-refractivity contribution in [3.05, 3.63) is 0 Å². The predicted molar refractivity (Wildman–Crippen MR) is 67.7 cm³/mol. The van der Waals surface area contributed by atoms with E-state index in [1.807, 2.05) is 13.8 Å². The van der Waals surface area contributed by atoms with E-state index in [2.05, 4.69) is 5.32 Å². The Labute approximate surface area is 112 Å². The summed E-state index contributed by atoms with van der Waals surface area (Å²) >= 11 is 0. The normalized spacial score (nSPS) is 26.0. The lowest BCUT2D eigenvalue weighted by atomic mass is 9.93. The minimum absolute atomic E-state index is 0.0307. The number of hydrogen-bond acceptors (Lipinski definition) is 2. The van der Waals surface area contributed by atoms with Crippen LogP contribution < -0.4 is 5.32 Å². The van der Waals surface area contributed by atoms with Gasteiger partial charge in [-0.05, 0) is 26.2 Å². The molecule has 3 nitrogen and oxygen atoms in total. The van der Waals surface area contributed by atoms with Crippen LogP contribution in [-0.4, -0.2) is 42.7 Å². The largest absolute Gasteiger partial charge is 0.393 e. The first-order chi connectivity index (χ1) is 8.77. The van der Waals surface area contributed by atoms with Crippen LogP contribution in [0.25, 0.3) is 0 Å². The summed E-state index contributed by atoms with van der Waals surface area (Å²) < 4.78 is 37.6. The predicted octanol–water partition coefficient (Wildman–Crippen LogP) is 2.56. The first-order valence-electron chi connectivity index (χ1n) is 6.84. The van der Waals surface area contributed by atoms with Crippen LogP contribution in [0.5, 0.6) is 0 Å². The molecule has 112 valence electrons. The third-order valence-corrected chi connectivity index (χ3v) is 3.89. The summed E-state index contributed by atoms with van der Waals surface area (Å²) in [6.45, 7) is 3.85.